The first-order valence-electron chi connectivity index (χ1n) is 6.01. The highest BCUT2D eigenvalue weighted by molar-refractivity contribution is 5.40. The van der Waals surface area contributed by atoms with Crippen molar-refractivity contribution in [1.29, 1.82) is 0 Å². The lowest BCUT2D eigenvalue weighted by Crippen LogP contribution is -1.93. The Morgan fingerprint density at radius 1 is 1.18 bits per heavy atom. The van der Waals surface area contributed by atoms with Crippen LogP contribution in [0, 0.1) is 0 Å². The van der Waals surface area contributed by atoms with Gasteiger partial charge in [0.15, 0.2) is 0 Å². The summed E-state index contributed by atoms with van der Waals surface area (Å²) in [6.07, 6.45) is 5.58. The first kappa shape index (κ1) is 13.6. The highest BCUT2D eigenvalue weighted by atomic mass is 16.5. The van der Waals surface area contributed by atoms with Crippen molar-refractivity contribution < 1.29 is 9.47 Å². The van der Waals surface area contributed by atoms with E-state index in [9.17, 15) is 0 Å². The van der Waals surface area contributed by atoms with Gasteiger partial charge in [0.25, 0.3) is 0 Å². The molecule has 17 heavy (non-hydrogen) atoms. The molecule has 0 spiro atoms. The quantitative estimate of drug-likeness (QED) is 0.547. The summed E-state index contributed by atoms with van der Waals surface area (Å²) in [5.74, 6) is 1.76. The summed E-state index contributed by atoms with van der Waals surface area (Å²) >= 11 is 0. The van der Waals surface area contributed by atoms with Crippen LogP contribution < -0.4 is 9.47 Å². The highest BCUT2D eigenvalue weighted by Crippen LogP contribution is 2.25. The monoisotopic (exact) mass is 234 g/mol. The van der Waals surface area contributed by atoms with Gasteiger partial charge in [-0.3, -0.25) is 0 Å². The molecule has 2 nitrogen and oxygen atoms in total. The van der Waals surface area contributed by atoms with Crippen LogP contribution in [0.15, 0.2) is 29.8 Å². The largest absolute Gasteiger partial charge is 0.497 e. The molecule has 94 valence electrons. The molecule has 0 aromatic heterocycles. The topological polar surface area (TPSA) is 18.5 Å². The SMILES string of the molecule is COc1ccc(CCCC=C(C)C)c(OC)c1. The number of hydrogen-bond donors (Lipinski definition) is 0. The number of allylic oxidation sites excluding steroid dienone is 2. The molecule has 0 radical (unpaired) electrons. The summed E-state index contributed by atoms with van der Waals surface area (Å²) in [6, 6.07) is 6.01. The van der Waals surface area contributed by atoms with Crippen molar-refractivity contribution >= 4 is 0 Å². The molecule has 0 aliphatic carbocycles. The van der Waals surface area contributed by atoms with Crippen LogP contribution in [0.5, 0.6) is 11.5 Å². The van der Waals surface area contributed by atoms with Crippen molar-refractivity contribution in [3.8, 4) is 11.5 Å². The molecule has 1 aromatic carbocycles. The van der Waals surface area contributed by atoms with Crippen molar-refractivity contribution in [2.24, 2.45) is 0 Å². The van der Waals surface area contributed by atoms with E-state index >= 15 is 0 Å². The molecule has 0 amide bonds. The molecule has 0 aliphatic heterocycles. The first-order valence-corrected chi connectivity index (χ1v) is 6.01. The molecular weight excluding hydrogens is 212 g/mol. The molecule has 0 bridgehead atoms. The summed E-state index contributed by atoms with van der Waals surface area (Å²) < 4.78 is 10.5. The Balaban J connectivity index is 2.61. The molecule has 0 atom stereocenters. The van der Waals surface area contributed by atoms with E-state index in [0.29, 0.717) is 0 Å². The minimum absolute atomic E-state index is 0.842. The fourth-order valence-electron chi connectivity index (χ4n) is 1.74. The number of rotatable bonds is 6. The van der Waals surface area contributed by atoms with Gasteiger partial charge in [-0.25, -0.2) is 0 Å². The normalized spacial score (nSPS) is 9.88. The fourth-order valence-corrected chi connectivity index (χ4v) is 1.74. The Labute approximate surface area is 104 Å². The second-order valence-electron chi connectivity index (χ2n) is 4.35. The smallest absolute Gasteiger partial charge is 0.125 e. The summed E-state index contributed by atoms with van der Waals surface area (Å²) in [5, 5.41) is 0. The van der Waals surface area contributed by atoms with Crippen LogP contribution in [0.3, 0.4) is 0 Å². The Morgan fingerprint density at radius 3 is 2.53 bits per heavy atom. The van der Waals surface area contributed by atoms with Crippen molar-refractivity contribution in [1.82, 2.24) is 0 Å². The molecule has 0 fully saturated rings. The molecule has 0 N–H and O–H groups in total. The number of hydrogen-bond acceptors (Lipinski definition) is 2. The maximum atomic E-state index is 5.37. The lowest BCUT2D eigenvalue weighted by Gasteiger charge is -2.09. The Hall–Kier alpha value is -1.44. The fraction of sp³-hybridized carbons (Fsp3) is 0.467. The van der Waals surface area contributed by atoms with Crippen LogP contribution in [-0.2, 0) is 6.42 Å². The lowest BCUT2D eigenvalue weighted by molar-refractivity contribution is 0.390. The molecule has 1 rings (SSSR count). The first-order chi connectivity index (χ1) is 8.17. The lowest BCUT2D eigenvalue weighted by atomic mass is 10.1. The maximum absolute atomic E-state index is 5.37. The van der Waals surface area contributed by atoms with Gasteiger partial charge in [-0.05, 0) is 44.7 Å². The third-order valence-corrected chi connectivity index (χ3v) is 2.70. The van der Waals surface area contributed by atoms with Crippen molar-refractivity contribution in [2.75, 3.05) is 14.2 Å². The number of benzene rings is 1. The highest BCUT2D eigenvalue weighted by Gasteiger charge is 2.04. The zero-order valence-corrected chi connectivity index (χ0v) is 11.2. The van der Waals surface area contributed by atoms with E-state index in [2.05, 4.69) is 26.0 Å². The van der Waals surface area contributed by atoms with Gasteiger partial charge < -0.3 is 9.47 Å². The Kier molecular flexibility index (Phi) is 5.61. The minimum atomic E-state index is 0.842. The zero-order chi connectivity index (χ0) is 12.7. The molecule has 0 saturated carbocycles. The minimum Gasteiger partial charge on any atom is -0.497 e. The van der Waals surface area contributed by atoms with Gasteiger partial charge in [-0.15, -0.1) is 0 Å². The Bertz CT molecular complexity index is 377. The number of ether oxygens (including phenoxy) is 2. The molecule has 1 aromatic rings. The van der Waals surface area contributed by atoms with Gasteiger partial charge in [0.05, 0.1) is 14.2 Å². The van der Waals surface area contributed by atoms with Crippen molar-refractivity contribution in [3.63, 3.8) is 0 Å². The van der Waals surface area contributed by atoms with Crippen LogP contribution >= 0.6 is 0 Å². The van der Waals surface area contributed by atoms with E-state index in [1.165, 1.54) is 11.1 Å². The average molecular weight is 234 g/mol. The maximum Gasteiger partial charge on any atom is 0.125 e. The van der Waals surface area contributed by atoms with Gasteiger partial charge in [0, 0.05) is 6.07 Å². The van der Waals surface area contributed by atoms with Gasteiger partial charge in [-0.1, -0.05) is 17.7 Å². The second-order valence-corrected chi connectivity index (χ2v) is 4.35. The molecule has 0 heterocycles. The number of aryl methyl sites for hydroxylation is 1. The summed E-state index contributed by atoms with van der Waals surface area (Å²) in [4.78, 5) is 0. The predicted molar refractivity (Wildman–Crippen MR) is 71.9 cm³/mol. The van der Waals surface area contributed by atoms with Gasteiger partial charge >= 0.3 is 0 Å². The molecule has 0 aliphatic rings. The molecule has 0 saturated heterocycles. The van der Waals surface area contributed by atoms with E-state index in [0.717, 1.165) is 30.8 Å². The van der Waals surface area contributed by atoms with E-state index in [1.54, 1.807) is 14.2 Å². The van der Waals surface area contributed by atoms with Crippen molar-refractivity contribution in [3.05, 3.63) is 35.4 Å². The van der Waals surface area contributed by atoms with Crippen LogP contribution in [0.4, 0.5) is 0 Å². The van der Waals surface area contributed by atoms with E-state index < -0.39 is 0 Å². The van der Waals surface area contributed by atoms with E-state index in [-0.39, 0.29) is 0 Å². The van der Waals surface area contributed by atoms with E-state index in [4.69, 9.17) is 9.47 Å². The number of unbranched alkanes of at least 4 members (excludes halogenated alkanes) is 1. The van der Waals surface area contributed by atoms with Crippen LogP contribution in [0.25, 0.3) is 0 Å². The van der Waals surface area contributed by atoms with Crippen LogP contribution in [-0.4, -0.2) is 14.2 Å². The summed E-state index contributed by atoms with van der Waals surface area (Å²) in [5.41, 5.74) is 2.63. The summed E-state index contributed by atoms with van der Waals surface area (Å²) in [7, 11) is 3.37. The standard InChI is InChI=1S/C15H22O2/c1-12(2)7-5-6-8-13-9-10-14(16-3)11-15(13)17-4/h7,9-11H,5-6,8H2,1-4H3. The third kappa shape index (κ3) is 4.51. The number of methoxy groups -OCH3 is 2. The predicted octanol–water partition coefficient (Wildman–Crippen LogP) is 3.99. The molecule has 0 unspecified atom stereocenters. The summed E-state index contributed by atoms with van der Waals surface area (Å²) in [6.45, 7) is 4.27. The van der Waals surface area contributed by atoms with Gasteiger partial charge in [0.1, 0.15) is 11.5 Å². The van der Waals surface area contributed by atoms with Crippen molar-refractivity contribution in [2.45, 2.75) is 33.1 Å². The molecular formula is C15H22O2. The third-order valence-electron chi connectivity index (χ3n) is 2.70. The molecule has 2 heteroatoms. The van der Waals surface area contributed by atoms with Gasteiger partial charge in [0.2, 0.25) is 0 Å². The second kappa shape index (κ2) is 7.00. The zero-order valence-electron chi connectivity index (χ0n) is 11.2. The van der Waals surface area contributed by atoms with Crippen LogP contribution in [0.1, 0.15) is 32.3 Å². The van der Waals surface area contributed by atoms with Gasteiger partial charge in [-0.2, -0.15) is 0 Å². The van der Waals surface area contributed by atoms with Crippen LogP contribution in [0.2, 0.25) is 0 Å². The van der Waals surface area contributed by atoms with E-state index in [1.807, 2.05) is 12.1 Å². The average Bonchev–Trinajstić information content (AvgIpc) is 2.34. The Morgan fingerprint density at radius 2 is 1.94 bits per heavy atom.